The Bertz CT molecular complexity index is 1280. The summed E-state index contributed by atoms with van der Waals surface area (Å²) in [5, 5.41) is 23.4. The van der Waals surface area contributed by atoms with Crippen molar-refractivity contribution in [1.82, 2.24) is 4.98 Å². The van der Waals surface area contributed by atoms with Crippen LogP contribution in [0.3, 0.4) is 0 Å². The summed E-state index contributed by atoms with van der Waals surface area (Å²) in [6, 6.07) is 12.1. The van der Waals surface area contributed by atoms with Gasteiger partial charge in [-0.15, -0.1) is 0 Å². The van der Waals surface area contributed by atoms with Gasteiger partial charge in [-0.1, -0.05) is 29.5 Å². The Morgan fingerprint density at radius 3 is 2.94 bits per heavy atom. The Kier molecular flexibility index (Phi) is 6.08. The molecule has 0 unspecified atom stereocenters. The Morgan fingerprint density at radius 2 is 2.13 bits per heavy atom. The van der Waals surface area contributed by atoms with Crippen molar-refractivity contribution in [3.05, 3.63) is 80.9 Å². The van der Waals surface area contributed by atoms with Gasteiger partial charge >= 0.3 is 0 Å². The molecule has 0 amide bonds. The molecule has 3 aromatic rings. The van der Waals surface area contributed by atoms with Crippen LogP contribution < -0.4 is 15.9 Å². The Balaban J connectivity index is 1.53. The average molecular weight is 437 g/mol. The number of nitrogens with zero attached hydrogens (tertiary/aromatic N) is 2. The third-order valence-corrected chi connectivity index (χ3v) is 5.56. The molecule has 4 rings (SSSR count). The molecule has 6 nitrogen and oxygen atoms in total. The maximum Gasteiger partial charge on any atom is 0.231 e. The third-order valence-electron chi connectivity index (χ3n) is 4.61. The summed E-state index contributed by atoms with van der Waals surface area (Å²) in [7, 11) is 0. The number of rotatable bonds is 7. The van der Waals surface area contributed by atoms with Crippen molar-refractivity contribution in [1.29, 1.82) is 5.41 Å². The molecule has 1 aliphatic rings. The molecule has 0 spiro atoms. The SMILES string of the molecule is CCOC1=CC(=N)N=c2ccc(=Cc3sc(NCCc4cccc(F)c4)nc3O)cc21. The zero-order valence-electron chi connectivity index (χ0n) is 16.9. The van der Waals surface area contributed by atoms with Gasteiger partial charge in [-0.3, -0.25) is 5.41 Å². The van der Waals surface area contributed by atoms with Gasteiger partial charge in [0, 0.05) is 18.2 Å². The maximum atomic E-state index is 13.3. The van der Waals surface area contributed by atoms with Gasteiger partial charge in [-0.25, -0.2) is 9.38 Å². The van der Waals surface area contributed by atoms with Crippen molar-refractivity contribution in [2.45, 2.75) is 13.3 Å². The van der Waals surface area contributed by atoms with E-state index in [-0.39, 0.29) is 17.5 Å². The average Bonchev–Trinajstić information content (AvgIpc) is 3.07. The van der Waals surface area contributed by atoms with Gasteiger partial charge in [0.2, 0.25) is 5.88 Å². The summed E-state index contributed by atoms with van der Waals surface area (Å²) >= 11 is 1.34. The molecule has 0 fully saturated rings. The second-order valence-electron chi connectivity index (χ2n) is 6.87. The number of benzene rings is 2. The molecule has 0 saturated heterocycles. The lowest BCUT2D eigenvalue weighted by molar-refractivity contribution is 0.297. The van der Waals surface area contributed by atoms with Crippen LogP contribution in [-0.2, 0) is 11.2 Å². The Labute approximate surface area is 182 Å². The number of nitrogens with one attached hydrogen (secondary N) is 2. The predicted octanol–water partition coefficient (Wildman–Crippen LogP) is 3.46. The van der Waals surface area contributed by atoms with Gasteiger partial charge in [0.25, 0.3) is 0 Å². The molecule has 0 saturated carbocycles. The molecule has 0 radical (unpaired) electrons. The molecule has 8 heteroatoms. The molecule has 1 aromatic heterocycles. The monoisotopic (exact) mass is 436 g/mol. The van der Waals surface area contributed by atoms with Crippen molar-refractivity contribution in [2.75, 3.05) is 18.5 Å². The Hall–Kier alpha value is -3.52. The lowest BCUT2D eigenvalue weighted by Crippen LogP contribution is -2.20. The molecule has 0 aliphatic carbocycles. The maximum absolute atomic E-state index is 13.3. The molecule has 1 aliphatic heterocycles. The zero-order valence-corrected chi connectivity index (χ0v) is 17.7. The van der Waals surface area contributed by atoms with Crippen molar-refractivity contribution < 1.29 is 14.2 Å². The molecule has 3 N–H and O–H groups in total. The molecule has 158 valence electrons. The largest absolute Gasteiger partial charge is 0.493 e. The summed E-state index contributed by atoms with van der Waals surface area (Å²) in [5.41, 5.74) is 1.70. The van der Waals surface area contributed by atoms with Gasteiger partial charge in [0.1, 0.15) is 17.4 Å². The van der Waals surface area contributed by atoms with E-state index < -0.39 is 0 Å². The number of fused-ring (bicyclic) bond motifs is 1. The van der Waals surface area contributed by atoms with Crippen LogP contribution in [0.4, 0.5) is 9.52 Å². The predicted molar refractivity (Wildman–Crippen MR) is 120 cm³/mol. The van der Waals surface area contributed by atoms with Crippen molar-refractivity contribution in [3.63, 3.8) is 0 Å². The number of hydrogen-bond acceptors (Lipinski definition) is 6. The minimum absolute atomic E-state index is 0.0528. The smallest absolute Gasteiger partial charge is 0.231 e. The fourth-order valence-corrected chi connectivity index (χ4v) is 4.07. The third kappa shape index (κ3) is 4.97. The second-order valence-corrected chi connectivity index (χ2v) is 7.90. The van der Waals surface area contributed by atoms with Crippen LogP contribution >= 0.6 is 11.3 Å². The molecular weight excluding hydrogens is 415 g/mol. The van der Waals surface area contributed by atoms with E-state index in [0.29, 0.717) is 40.7 Å². The highest BCUT2D eigenvalue weighted by atomic mass is 32.1. The van der Waals surface area contributed by atoms with Gasteiger partial charge in [0.05, 0.1) is 16.8 Å². The summed E-state index contributed by atoms with van der Waals surface area (Å²) in [4.78, 5) is 9.03. The topological polar surface area (TPSA) is 90.6 Å². The highest BCUT2D eigenvalue weighted by Crippen LogP contribution is 2.28. The van der Waals surface area contributed by atoms with Gasteiger partial charge < -0.3 is 15.2 Å². The number of thiazole rings is 1. The van der Waals surface area contributed by atoms with Gasteiger partial charge in [0.15, 0.2) is 5.13 Å². The Morgan fingerprint density at radius 1 is 1.26 bits per heavy atom. The number of hydrogen-bond donors (Lipinski definition) is 3. The minimum atomic E-state index is -0.252. The highest BCUT2D eigenvalue weighted by molar-refractivity contribution is 7.16. The van der Waals surface area contributed by atoms with Crippen LogP contribution in [-0.4, -0.2) is 29.1 Å². The molecule has 2 aromatic carbocycles. The van der Waals surface area contributed by atoms with Crippen molar-refractivity contribution in [3.8, 4) is 5.88 Å². The van der Waals surface area contributed by atoms with Crippen LogP contribution in [0.25, 0.3) is 11.8 Å². The molecule has 2 heterocycles. The molecule has 0 bridgehead atoms. The fraction of sp³-hybridized carbons (Fsp3) is 0.174. The second kappa shape index (κ2) is 9.09. The molecule has 0 atom stereocenters. The first-order valence-corrected chi connectivity index (χ1v) is 10.7. The minimum Gasteiger partial charge on any atom is -0.493 e. The molecule has 31 heavy (non-hydrogen) atoms. The normalized spacial score (nSPS) is 13.4. The van der Waals surface area contributed by atoms with E-state index in [1.165, 1.54) is 23.5 Å². The van der Waals surface area contributed by atoms with Crippen LogP contribution in [0.2, 0.25) is 0 Å². The number of aromatic nitrogens is 1. The van der Waals surface area contributed by atoms with Crippen LogP contribution in [0.15, 0.2) is 53.5 Å². The summed E-state index contributed by atoms with van der Waals surface area (Å²) < 4.78 is 18.9. The highest BCUT2D eigenvalue weighted by Gasteiger charge is 2.13. The lowest BCUT2D eigenvalue weighted by atomic mass is 10.1. The summed E-state index contributed by atoms with van der Waals surface area (Å²) in [6.07, 6.45) is 4.09. The quantitative estimate of drug-likeness (QED) is 0.529. The van der Waals surface area contributed by atoms with E-state index in [4.69, 9.17) is 10.1 Å². The standard InChI is InChI=1S/C23H21FN4O2S/c1-2-30-19-13-21(25)27-18-7-6-15(11-17(18)19)12-20-22(29)28-23(31-20)26-9-8-14-4-3-5-16(24)10-14/h3-7,10-13,25,29H,2,8-9H2,1H3,(H,26,28). The van der Waals surface area contributed by atoms with Crippen LogP contribution in [0, 0.1) is 11.2 Å². The van der Waals surface area contributed by atoms with Gasteiger partial charge in [-0.2, -0.15) is 4.98 Å². The zero-order chi connectivity index (χ0) is 21.8. The summed E-state index contributed by atoms with van der Waals surface area (Å²) in [6.45, 7) is 2.96. The molecular formula is C23H21FN4O2S. The van der Waals surface area contributed by atoms with E-state index >= 15 is 0 Å². The number of ether oxygens (including phenoxy) is 1. The van der Waals surface area contributed by atoms with E-state index in [2.05, 4.69) is 15.3 Å². The first-order valence-electron chi connectivity index (χ1n) is 9.84. The van der Waals surface area contributed by atoms with E-state index in [0.717, 1.165) is 16.3 Å². The van der Waals surface area contributed by atoms with Crippen molar-refractivity contribution >= 4 is 34.1 Å². The van der Waals surface area contributed by atoms with E-state index in [1.54, 1.807) is 12.1 Å². The van der Waals surface area contributed by atoms with Gasteiger partial charge in [-0.05, 0) is 54.5 Å². The van der Waals surface area contributed by atoms with E-state index in [9.17, 15) is 9.50 Å². The van der Waals surface area contributed by atoms with Crippen LogP contribution in [0.5, 0.6) is 5.88 Å². The number of anilines is 1. The first-order chi connectivity index (χ1) is 15.0. The van der Waals surface area contributed by atoms with Crippen LogP contribution in [0.1, 0.15) is 22.9 Å². The lowest BCUT2D eigenvalue weighted by Gasteiger charge is -2.12. The first kappa shape index (κ1) is 20.7. The van der Waals surface area contributed by atoms with E-state index in [1.807, 2.05) is 37.3 Å². The number of amidine groups is 1. The fourth-order valence-electron chi connectivity index (χ4n) is 3.23. The number of halogens is 1. The van der Waals surface area contributed by atoms with Crippen molar-refractivity contribution in [2.24, 2.45) is 4.99 Å². The summed E-state index contributed by atoms with van der Waals surface area (Å²) in [5.74, 6) is 0.462. The number of aromatic hydroxyl groups is 1.